The number of aryl methyl sites for hydroxylation is 1. The minimum atomic E-state index is -4.80. The maximum Gasteiger partial charge on any atom is 0.416 e. The second-order valence-corrected chi connectivity index (χ2v) is 11.5. The van der Waals surface area contributed by atoms with Gasteiger partial charge in [0.15, 0.2) is 0 Å². The normalized spacial score (nSPS) is 12.5. The van der Waals surface area contributed by atoms with E-state index >= 15 is 0 Å². The summed E-state index contributed by atoms with van der Waals surface area (Å²) in [6, 6.07) is 15.5. The van der Waals surface area contributed by atoms with Crippen LogP contribution >= 0.6 is 11.6 Å². The van der Waals surface area contributed by atoms with Gasteiger partial charge in [-0.2, -0.15) is 13.2 Å². The molecule has 0 saturated heterocycles. The molecule has 0 aromatic heterocycles. The number of carbonyl (C=O) groups excluding carboxylic acids is 2. The molecule has 0 heterocycles. The molecule has 41 heavy (non-hydrogen) atoms. The molecule has 12 heteroatoms. The van der Waals surface area contributed by atoms with E-state index in [1.165, 1.54) is 29.2 Å². The molecular weight excluding hydrogens is 579 g/mol. The zero-order valence-corrected chi connectivity index (χ0v) is 24.4. The summed E-state index contributed by atoms with van der Waals surface area (Å²) in [5.74, 6) is -1.23. The molecule has 220 valence electrons. The number of hydrogen-bond donors (Lipinski definition) is 1. The third-order valence-corrected chi connectivity index (χ3v) is 8.58. The Bertz CT molecular complexity index is 1480. The predicted octanol–water partition coefficient (Wildman–Crippen LogP) is 5.81. The molecule has 0 aliphatic heterocycles. The summed E-state index contributed by atoms with van der Waals surface area (Å²) in [5, 5.41) is 2.40. The summed E-state index contributed by atoms with van der Waals surface area (Å²) in [6.45, 7) is 4.63. The van der Waals surface area contributed by atoms with Crippen LogP contribution in [0.15, 0.2) is 77.7 Å². The first kappa shape index (κ1) is 32.0. The molecule has 1 N–H and O–H groups in total. The van der Waals surface area contributed by atoms with Crippen molar-refractivity contribution in [3.63, 3.8) is 0 Å². The minimum Gasteiger partial charge on any atom is -0.355 e. The summed E-state index contributed by atoms with van der Waals surface area (Å²) in [7, 11) is -4.58. The lowest BCUT2D eigenvalue weighted by molar-refractivity contribution is -0.140. The van der Waals surface area contributed by atoms with Gasteiger partial charge in [0.1, 0.15) is 12.6 Å². The van der Waals surface area contributed by atoms with E-state index < -0.39 is 51.9 Å². The molecule has 0 radical (unpaired) electrons. The van der Waals surface area contributed by atoms with Crippen LogP contribution in [0, 0.1) is 6.92 Å². The van der Waals surface area contributed by atoms with Gasteiger partial charge in [-0.05, 0) is 61.7 Å². The Hall–Kier alpha value is -3.57. The van der Waals surface area contributed by atoms with E-state index in [2.05, 4.69) is 5.32 Å². The lowest BCUT2D eigenvalue weighted by atomic mass is 10.1. The van der Waals surface area contributed by atoms with Crippen molar-refractivity contribution < 1.29 is 31.2 Å². The zero-order chi connectivity index (χ0) is 30.4. The summed E-state index contributed by atoms with van der Waals surface area (Å²) in [4.78, 5) is 28.0. The van der Waals surface area contributed by atoms with Crippen LogP contribution in [0.3, 0.4) is 0 Å². The topological polar surface area (TPSA) is 86.8 Å². The van der Waals surface area contributed by atoms with Gasteiger partial charge in [-0.3, -0.25) is 13.9 Å². The van der Waals surface area contributed by atoms with Crippen molar-refractivity contribution in [2.45, 2.75) is 50.9 Å². The van der Waals surface area contributed by atoms with E-state index in [1.54, 1.807) is 32.0 Å². The fraction of sp³-hybridized carbons (Fsp3) is 0.310. The number of nitrogens with zero attached hydrogens (tertiary/aromatic N) is 2. The number of alkyl halides is 3. The summed E-state index contributed by atoms with van der Waals surface area (Å²) in [6.07, 6.45) is -4.59. The Kier molecular flexibility index (Phi) is 10.4. The highest BCUT2D eigenvalue weighted by molar-refractivity contribution is 7.92. The van der Waals surface area contributed by atoms with E-state index in [0.29, 0.717) is 16.9 Å². The first-order valence-corrected chi connectivity index (χ1v) is 14.7. The number of rotatable bonds is 11. The van der Waals surface area contributed by atoms with Gasteiger partial charge < -0.3 is 10.2 Å². The summed E-state index contributed by atoms with van der Waals surface area (Å²) in [5.41, 5.74) is -0.0902. The van der Waals surface area contributed by atoms with Crippen molar-refractivity contribution in [2.24, 2.45) is 0 Å². The van der Waals surface area contributed by atoms with Crippen LogP contribution < -0.4 is 9.62 Å². The third kappa shape index (κ3) is 7.59. The van der Waals surface area contributed by atoms with Crippen molar-refractivity contribution in [3.8, 4) is 0 Å². The van der Waals surface area contributed by atoms with Crippen LogP contribution in [-0.2, 0) is 32.3 Å². The molecule has 3 aromatic rings. The van der Waals surface area contributed by atoms with E-state index in [0.717, 1.165) is 23.3 Å². The minimum absolute atomic E-state index is 0.0311. The monoisotopic (exact) mass is 609 g/mol. The molecule has 0 aliphatic rings. The number of carbonyl (C=O) groups is 2. The van der Waals surface area contributed by atoms with Crippen LogP contribution in [-0.4, -0.2) is 44.3 Å². The number of benzene rings is 3. The molecule has 1 atom stereocenters. The molecule has 7 nitrogen and oxygen atoms in total. The van der Waals surface area contributed by atoms with Gasteiger partial charge >= 0.3 is 6.18 Å². The average molecular weight is 610 g/mol. The SMILES string of the molecule is CCNC(=O)[C@@H](CC)N(Cc1ccccc1C)C(=O)CN(c1cc(C(F)(F)F)ccc1Cl)S(=O)(=O)c1ccccc1. The van der Waals surface area contributed by atoms with Crippen LogP contribution in [0.25, 0.3) is 0 Å². The number of halogens is 4. The fourth-order valence-corrected chi connectivity index (χ4v) is 6.01. The molecule has 0 saturated carbocycles. The Morgan fingerprint density at radius 1 is 0.976 bits per heavy atom. The number of nitrogens with one attached hydrogen (secondary N) is 1. The lowest BCUT2D eigenvalue weighted by Gasteiger charge is -2.33. The van der Waals surface area contributed by atoms with Crippen molar-refractivity contribution in [2.75, 3.05) is 17.4 Å². The van der Waals surface area contributed by atoms with Gasteiger partial charge in [-0.15, -0.1) is 0 Å². The molecule has 0 bridgehead atoms. The molecular formula is C29H31ClF3N3O4S. The van der Waals surface area contributed by atoms with Gasteiger partial charge in [0.25, 0.3) is 10.0 Å². The van der Waals surface area contributed by atoms with E-state index in [-0.39, 0.29) is 22.9 Å². The molecule has 2 amide bonds. The third-order valence-electron chi connectivity index (χ3n) is 6.49. The highest BCUT2D eigenvalue weighted by atomic mass is 35.5. The number of hydrogen-bond acceptors (Lipinski definition) is 4. The van der Waals surface area contributed by atoms with Crippen molar-refractivity contribution in [1.29, 1.82) is 0 Å². The number of sulfonamides is 1. The smallest absolute Gasteiger partial charge is 0.355 e. The van der Waals surface area contributed by atoms with Crippen molar-refractivity contribution in [1.82, 2.24) is 10.2 Å². The average Bonchev–Trinajstić information content (AvgIpc) is 2.93. The van der Waals surface area contributed by atoms with E-state index in [1.807, 2.05) is 19.1 Å². The maximum absolute atomic E-state index is 14.0. The Balaban J connectivity index is 2.17. The fourth-order valence-electron chi connectivity index (χ4n) is 4.30. The van der Waals surface area contributed by atoms with Gasteiger partial charge in [0.05, 0.1) is 21.2 Å². The van der Waals surface area contributed by atoms with Crippen molar-refractivity contribution in [3.05, 3.63) is 94.5 Å². The molecule has 3 rings (SSSR count). The molecule has 3 aromatic carbocycles. The van der Waals surface area contributed by atoms with Gasteiger partial charge in [0, 0.05) is 13.1 Å². The lowest BCUT2D eigenvalue weighted by Crippen LogP contribution is -2.52. The predicted molar refractivity (Wildman–Crippen MR) is 152 cm³/mol. The zero-order valence-electron chi connectivity index (χ0n) is 22.8. The quantitative estimate of drug-likeness (QED) is 0.297. The largest absolute Gasteiger partial charge is 0.416 e. The van der Waals surface area contributed by atoms with Crippen molar-refractivity contribution >= 4 is 39.1 Å². The number of amides is 2. The van der Waals surface area contributed by atoms with Gasteiger partial charge in [0.2, 0.25) is 11.8 Å². The molecule has 0 fully saturated rings. The van der Waals surface area contributed by atoms with Gasteiger partial charge in [-0.25, -0.2) is 8.42 Å². The highest BCUT2D eigenvalue weighted by Crippen LogP contribution is 2.37. The first-order valence-electron chi connectivity index (χ1n) is 12.9. The molecule has 0 spiro atoms. The van der Waals surface area contributed by atoms with E-state index in [9.17, 15) is 31.2 Å². The Morgan fingerprint density at radius 3 is 2.20 bits per heavy atom. The maximum atomic E-state index is 14.0. The highest BCUT2D eigenvalue weighted by Gasteiger charge is 2.37. The number of anilines is 1. The standard InChI is InChI=1S/C29H31ClF3N3O4S/c1-4-25(28(38)34-5-2)35(18-21-12-10-9-11-20(21)3)27(37)19-36(41(39,40)23-13-7-6-8-14-23)26-17-22(29(31,32)33)15-16-24(26)30/h6-17,25H,4-5,18-19H2,1-3H3,(H,34,38)/t25-/m1/s1. The van der Waals surface area contributed by atoms with Crippen LogP contribution in [0.1, 0.15) is 37.0 Å². The first-order chi connectivity index (χ1) is 19.3. The second kappa shape index (κ2) is 13.4. The number of likely N-dealkylation sites (N-methyl/N-ethyl adjacent to an activating group) is 1. The molecule has 0 unspecified atom stereocenters. The van der Waals surface area contributed by atoms with Crippen LogP contribution in [0.2, 0.25) is 5.02 Å². The Labute approximate surface area is 243 Å². The summed E-state index contributed by atoms with van der Waals surface area (Å²) >= 11 is 6.27. The van der Waals surface area contributed by atoms with Gasteiger partial charge in [-0.1, -0.05) is 61.0 Å². The molecule has 0 aliphatic carbocycles. The Morgan fingerprint density at radius 2 is 1.61 bits per heavy atom. The van der Waals surface area contributed by atoms with Crippen LogP contribution in [0.5, 0.6) is 0 Å². The summed E-state index contributed by atoms with van der Waals surface area (Å²) < 4.78 is 69.1. The second-order valence-electron chi connectivity index (χ2n) is 9.26. The van der Waals surface area contributed by atoms with E-state index in [4.69, 9.17) is 11.6 Å². The van der Waals surface area contributed by atoms with Crippen LogP contribution in [0.4, 0.5) is 18.9 Å².